The molecular formula is C24H25FN2O4. The first kappa shape index (κ1) is 22.1. The van der Waals surface area contributed by atoms with E-state index in [1.807, 2.05) is 41.8 Å². The summed E-state index contributed by atoms with van der Waals surface area (Å²) in [5, 5.41) is 4.06. The third-order valence-electron chi connectivity index (χ3n) is 4.81. The summed E-state index contributed by atoms with van der Waals surface area (Å²) in [4.78, 5) is 16.6. The highest BCUT2D eigenvalue weighted by Gasteiger charge is 2.19. The molecule has 0 spiro atoms. The van der Waals surface area contributed by atoms with Gasteiger partial charge in [-0.2, -0.15) is 0 Å². The molecule has 2 aromatic carbocycles. The number of carbonyl (C=O) groups excluding carboxylic acids is 1. The summed E-state index contributed by atoms with van der Waals surface area (Å²) in [7, 11) is 1.61. The summed E-state index contributed by atoms with van der Waals surface area (Å²) in [5.41, 5.74) is 4.23. The molecule has 31 heavy (non-hydrogen) atoms. The van der Waals surface area contributed by atoms with Gasteiger partial charge < -0.3 is 18.9 Å². The Kier molecular flexibility index (Phi) is 7.07. The predicted octanol–water partition coefficient (Wildman–Crippen LogP) is 4.90. The van der Waals surface area contributed by atoms with Crippen LogP contribution in [0.15, 0.2) is 59.8 Å². The van der Waals surface area contributed by atoms with E-state index in [-0.39, 0.29) is 19.0 Å². The van der Waals surface area contributed by atoms with E-state index in [2.05, 4.69) is 5.16 Å². The van der Waals surface area contributed by atoms with Crippen molar-refractivity contribution in [2.45, 2.75) is 20.8 Å². The number of halogens is 1. The molecule has 7 heteroatoms. The van der Waals surface area contributed by atoms with Crippen molar-refractivity contribution >= 4 is 11.7 Å². The number of ether oxygens (including phenoxy) is 2. The number of para-hydroxylation sites is 1. The maximum absolute atomic E-state index is 14.7. The summed E-state index contributed by atoms with van der Waals surface area (Å²) in [6.07, 6.45) is 0. The number of benzene rings is 2. The van der Waals surface area contributed by atoms with Crippen molar-refractivity contribution in [2.75, 3.05) is 20.3 Å². The number of nitrogens with zero attached hydrogens (tertiary/aromatic N) is 2. The van der Waals surface area contributed by atoms with Crippen LogP contribution in [0.25, 0.3) is 16.9 Å². The number of esters is 1. The molecule has 0 amide bonds. The van der Waals surface area contributed by atoms with E-state index in [1.54, 1.807) is 39.2 Å². The van der Waals surface area contributed by atoms with Gasteiger partial charge in [0.15, 0.2) is 0 Å². The molecule has 1 heterocycles. The smallest absolute Gasteiger partial charge is 0.347 e. The van der Waals surface area contributed by atoms with Crippen molar-refractivity contribution in [3.63, 3.8) is 0 Å². The molecule has 0 N–H and O–H groups in total. The van der Waals surface area contributed by atoms with Gasteiger partial charge in [-0.3, -0.25) is 0 Å². The molecule has 0 saturated heterocycles. The summed E-state index contributed by atoms with van der Waals surface area (Å²) in [6, 6.07) is 16.1. The SMILES string of the molecule is CCOC(=O)CO/N=C(\C)c1cc(-c2ccc(OC)cc2)n(-c2ccccc2F)c1C. The molecule has 162 valence electrons. The number of carbonyl (C=O) groups is 1. The normalized spacial score (nSPS) is 11.3. The molecule has 6 nitrogen and oxygen atoms in total. The van der Waals surface area contributed by atoms with Crippen LogP contribution in [0.3, 0.4) is 0 Å². The van der Waals surface area contributed by atoms with E-state index in [9.17, 15) is 9.18 Å². The van der Waals surface area contributed by atoms with Crippen LogP contribution in [0, 0.1) is 12.7 Å². The van der Waals surface area contributed by atoms with E-state index in [0.717, 1.165) is 28.3 Å². The van der Waals surface area contributed by atoms with Crippen LogP contribution in [0.5, 0.6) is 5.75 Å². The van der Waals surface area contributed by atoms with Crippen LogP contribution in [0.2, 0.25) is 0 Å². The Hall–Kier alpha value is -3.61. The lowest BCUT2D eigenvalue weighted by Gasteiger charge is -2.13. The molecule has 1 aromatic heterocycles. The minimum atomic E-state index is -0.487. The van der Waals surface area contributed by atoms with Crippen molar-refractivity contribution in [3.05, 3.63) is 71.7 Å². The molecule has 0 bridgehead atoms. The van der Waals surface area contributed by atoms with Gasteiger partial charge in [-0.1, -0.05) is 17.3 Å². The second-order valence-corrected chi connectivity index (χ2v) is 6.80. The number of aromatic nitrogens is 1. The molecule has 0 saturated carbocycles. The van der Waals surface area contributed by atoms with Crippen LogP contribution in [0.4, 0.5) is 4.39 Å². The molecule has 0 atom stereocenters. The Balaban J connectivity index is 2.05. The Morgan fingerprint density at radius 1 is 1.13 bits per heavy atom. The minimum absolute atomic E-state index is 0.274. The zero-order valence-electron chi connectivity index (χ0n) is 18.0. The van der Waals surface area contributed by atoms with Gasteiger partial charge in [0.2, 0.25) is 6.61 Å². The first-order valence-corrected chi connectivity index (χ1v) is 9.90. The number of methoxy groups -OCH3 is 1. The standard InChI is InChI=1S/C24H25FN2O4/c1-5-30-24(28)15-31-26-16(2)20-14-23(18-10-12-19(29-4)13-11-18)27(17(20)3)22-9-7-6-8-21(22)25/h6-14H,5,15H2,1-4H3/b26-16+. The Morgan fingerprint density at radius 2 is 1.84 bits per heavy atom. The lowest BCUT2D eigenvalue weighted by molar-refractivity contribution is -0.148. The molecular weight excluding hydrogens is 399 g/mol. The van der Waals surface area contributed by atoms with Gasteiger partial charge >= 0.3 is 5.97 Å². The van der Waals surface area contributed by atoms with Gasteiger partial charge in [-0.15, -0.1) is 0 Å². The molecule has 0 unspecified atom stereocenters. The minimum Gasteiger partial charge on any atom is -0.497 e. The molecule has 0 radical (unpaired) electrons. The maximum atomic E-state index is 14.7. The van der Waals surface area contributed by atoms with Crippen LogP contribution < -0.4 is 4.74 Å². The Labute approximate surface area is 180 Å². The number of hydrogen-bond donors (Lipinski definition) is 0. The monoisotopic (exact) mass is 424 g/mol. The number of hydrogen-bond acceptors (Lipinski definition) is 5. The quantitative estimate of drug-likeness (QED) is 0.293. The number of oxime groups is 1. The predicted molar refractivity (Wildman–Crippen MR) is 117 cm³/mol. The fourth-order valence-electron chi connectivity index (χ4n) is 3.32. The summed E-state index contributed by atoms with van der Waals surface area (Å²) >= 11 is 0. The molecule has 0 aliphatic carbocycles. The van der Waals surface area contributed by atoms with Crippen LogP contribution in [0.1, 0.15) is 25.1 Å². The van der Waals surface area contributed by atoms with Crippen molar-refractivity contribution < 1.29 is 23.5 Å². The van der Waals surface area contributed by atoms with Gasteiger partial charge in [-0.05, 0) is 68.8 Å². The van der Waals surface area contributed by atoms with Gasteiger partial charge in [0.1, 0.15) is 11.6 Å². The third-order valence-corrected chi connectivity index (χ3v) is 4.81. The summed E-state index contributed by atoms with van der Waals surface area (Å²) < 4.78 is 26.6. The van der Waals surface area contributed by atoms with Gasteiger partial charge in [0, 0.05) is 11.3 Å². The molecule has 0 aliphatic heterocycles. The fraction of sp³-hybridized carbons (Fsp3) is 0.250. The average Bonchev–Trinajstić information content (AvgIpc) is 3.11. The van der Waals surface area contributed by atoms with Crippen LogP contribution in [-0.4, -0.2) is 36.6 Å². The van der Waals surface area contributed by atoms with Crippen molar-refractivity contribution in [1.29, 1.82) is 0 Å². The highest BCUT2D eigenvalue weighted by atomic mass is 19.1. The highest BCUT2D eigenvalue weighted by Crippen LogP contribution is 2.32. The van der Waals surface area contributed by atoms with Gasteiger partial charge in [-0.25, -0.2) is 9.18 Å². The van der Waals surface area contributed by atoms with Gasteiger partial charge in [0.05, 0.1) is 30.8 Å². The number of rotatable bonds is 8. The topological polar surface area (TPSA) is 62.1 Å². The molecule has 3 rings (SSSR count). The Morgan fingerprint density at radius 3 is 2.48 bits per heavy atom. The van der Waals surface area contributed by atoms with Gasteiger partial charge in [0.25, 0.3) is 0 Å². The Bertz CT molecular complexity index is 1090. The van der Waals surface area contributed by atoms with Crippen LogP contribution in [-0.2, 0) is 14.4 Å². The third kappa shape index (κ3) is 4.94. The van der Waals surface area contributed by atoms with E-state index < -0.39 is 5.97 Å². The first-order valence-electron chi connectivity index (χ1n) is 9.90. The highest BCUT2D eigenvalue weighted by molar-refractivity contribution is 6.01. The van der Waals surface area contributed by atoms with Crippen molar-refractivity contribution in [1.82, 2.24) is 4.57 Å². The van der Waals surface area contributed by atoms with Crippen molar-refractivity contribution in [2.24, 2.45) is 5.16 Å². The summed E-state index contributed by atoms with van der Waals surface area (Å²) in [5.74, 6) is -0.0934. The van der Waals surface area contributed by atoms with E-state index in [4.69, 9.17) is 14.3 Å². The summed E-state index contributed by atoms with van der Waals surface area (Å²) in [6.45, 7) is 5.39. The first-order chi connectivity index (χ1) is 15.0. The second kappa shape index (κ2) is 9.93. The molecule has 3 aromatic rings. The van der Waals surface area contributed by atoms with E-state index >= 15 is 0 Å². The lowest BCUT2D eigenvalue weighted by Crippen LogP contribution is -2.11. The fourth-order valence-corrected chi connectivity index (χ4v) is 3.32. The maximum Gasteiger partial charge on any atom is 0.347 e. The van der Waals surface area contributed by atoms with E-state index in [0.29, 0.717) is 11.4 Å². The molecule has 0 fully saturated rings. The molecule has 0 aliphatic rings. The van der Waals surface area contributed by atoms with Crippen LogP contribution >= 0.6 is 0 Å². The zero-order chi connectivity index (χ0) is 22.4. The largest absolute Gasteiger partial charge is 0.497 e. The average molecular weight is 424 g/mol. The van der Waals surface area contributed by atoms with Crippen molar-refractivity contribution in [3.8, 4) is 22.7 Å². The van der Waals surface area contributed by atoms with E-state index in [1.165, 1.54) is 6.07 Å². The lowest BCUT2D eigenvalue weighted by atomic mass is 10.1. The zero-order valence-corrected chi connectivity index (χ0v) is 18.0. The second-order valence-electron chi connectivity index (χ2n) is 6.80.